The van der Waals surface area contributed by atoms with Gasteiger partial charge in [-0.2, -0.15) is 0 Å². The number of para-hydroxylation sites is 2. The van der Waals surface area contributed by atoms with Crippen molar-refractivity contribution in [3.05, 3.63) is 231 Å². The van der Waals surface area contributed by atoms with E-state index in [1.807, 2.05) is 12.1 Å². The van der Waals surface area contributed by atoms with E-state index < -0.39 is 0 Å². The topological polar surface area (TPSA) is 21.3 Å². The fraction of sp³-hybridized carbons (Fsp3) is 0. The van der Waals surface area contributed by atoms with Crippen LogP contribution in [0.2, 0.25) is 0 Å². The average Bonchev–Trinajstić information content (AvgIpc) is 3.86. The second-order valence-electron chi connectivity index (χ2n) is 15.8. The fourth-order valence-electron chi connectivity index (χ4n) is 9.13. The van der Waals surface area contributed by atoms with E-state index in [0.29, 0.717) is 0 Å². The molecule has 0 aliphatic heterocycles. The molecule has 2 aromatic heterocycles. The molecule has 286 valence electrons. The SMILES string of the molecule is c1ccc(-c2ccc(N(c3ccc(-c4ccc5ccccc5c4)cc3)c3ccc(-c4ccc5c(c4)c4cc6c(cc4n5-c4ccccc4)oc4ccccc46)cc3)cc2)cc1. The Kier molecular flexibility index (Phi) is 8.17. The lowest BCUT2D eigenvalue weighted by Gasteiger charge is -2.26. The molecular weight excluding hydrogens is 741 g/mol. The van der Waals surface area contributed by atoms with Crippen LogP contribution in [0.15, 0.2) is 235 Å². The molecule has 3 nitrogen and oxygen atoms in total. The molecule has 0 bridgehead atoms. The van der Waals surface area contributed by atoms with Gasteiger partial charge in [-0.05, 0) is 123 Å². The Morgan fingerprint density at radius 3 is 1.49 bits per heavy atom. The summed E-state index contributed by atoms with van der Waals surface area (Å²) in [6.07, 6.45) is 0. The Balaban J connectivity index is 0.950. The van der Waals surface area contributed by atoms with Crippen molar-refractivity contribution in [1.29, 1.82) is 0 Å². The molecule has 3 heteroatoms. The molecule has 2 heterocycles. The summed E-state index contributed by atoms with van der Waals surface area (Å²) in [5.41, 5.74) is 15.6. The van der Waals surface area contributed by atoms with Crippen LogP contribution in [0.3, 0.4) is 0 Å². The molecule has 0 unspecified atom stereocenters. The van der Waals surface area contributed by atoms with Gasteiger partial charge in [0.15, 0.2) is 0 Å². The van der Waals surface area contributed by atoms with Gasteiger partial charge in [0.05, 0.1) is 11.0 Å². The third-order valence-corrected chi connectivity index (χ3v) is 12.2. The monoisotopic (exact) mass is 778 g/mol. The van der Waals surface area contributed by atoms with Crippen LogP contribution in [0.4, 0.5) is 17.1 Å². The molecule has 0 radical (unpaired) electrons. The molecule has 0 saturated heterocycles. The van der Waals surface area contributed by atoms with Gasteiger partial charge in [-0.25, -0.2) is 0 Å². The van der Waals surface area contributed by atoms with Crippen LogP contribution in [-0.4, -0.2) is 4.57 Å². The molecule has 12 rings (SSSR count). The summed E-state index contributed by atoms with van der Waals surface area (Å²) in [4.78, 5) is 2.35. The Hall–Kier alpha value is -8.14. The standard InChI is InChI=1S/C58H38N2O/c1-3-11-39(12-4-1)41-21-28-48(29-22-41)59(49-30-23-42(24-31-49)45-20-19-40-13-7-8-14-44(40)35-45)50-32-25-43(26-33-50)46-27-34-55-52(36-46)53-37-54-51-17-9-10-18-57(51)61-58(54)38-56(53)60(55)47-15-5-2-6-16-47/h1-38H. The van der Waals surface area contributed by atoms with Gasteiger partial charge in [0.2, 0.25) is 0 Å². The third-order valence-electron chi connectivity index (χ3n) is 12.2. The number of fused-ring (bicyclic) bond motifs is 7. The Bertz CT molecular complexity index is 3550. The first-order valence-corrected chi connectivity index (χ1v) is 20.8. The number of hydrogen-bond acceptors (Lipinski definition) is 2. The second kappa shape index (κ2) is 14.3. The number of hydrogen-bond donors (Lipinski definition) is 0. The van der Waals surface area contributed by atoms with Crippen LogP contribution < -0.4 is 4.90 Å². The zero-order valence-corrected chi connectivity index (χ0v) is 33.2. The summed E-state index contributed by atoms with van der Waals surface area (Å²) in [7, 11) is 0. The van der Waals surface area contributed by atoms with Crippen molar-refractivity contribution in [3.8, 4) is 39.1 Å². The summed E-state index contributed by atoms with van der Waals surface area (Å²) in [6.45, 7) is 0. The van der Waals surface area contributed by atoms with E-state index >= 15 is 0 Å². The number of aromatic nitrogens is 1. The van der Waals surface area contributed by atoms with E-state index in [4.69, 9.17) is 4.42 Å². The van der Waals surface area contributed by atoms with Gasteiger partial charge in [-0.1, -0.05) is 146 Å². The van der Waals surface area contributed by atoms with Crippen LogP contribution in [0, 0.1) is 0 Å². The van der Waals surface area contributed by atoms with E-state index in [-0.39, 0.29) is 0 Å². The maximum atomic E-state index is 6.38. The van der Waals surface area contributed by atoms with E-state index in [2.05, 4.69) is 228 Å². The number of benzene rings is 10. The number of nitrogens with zero attached hydrogens (tertiary/aromatic N) is 2. The Morgan fingerprint density at radius 1 is 0.295 bits per heavy atom. The van der Waals surface area contributed by atoms with E-state index in [1.54, 1.807) is 0 Å². The van der Waals surface area contributed by atoms with Crippen LogP contribution >= 0.6 is 0 Å². The normalized spacial score (nSPS) is 11.6. The van der Waals surface area contributed by atoms with E-state index in [9.17, 15) is 0 Å². The van der Waals surface area contributed by atoms with E-state index in [0.717, 1.165) is 61.3 Å². The molecule has 0 saturated carbocycles. The van der Waals surface area contributed by atoms with Crippen LogP contribution in [0.25, 0.3) is 93.6 Å². The Labute approximate surface area is 353 Å². The van der Waals surface area contributed by atoms with Crippen LogP contribution in [0.1, 0.15) is 0 Å². The van der Waals surface area contributed by atoms with Gasteiger partial charge in [0.25, 0.3) is 0 Å². The summed E-state index contributed by atoms with van der Waals surface area (Å²) in [6, 6.07) is 83.0. The molecule has 0 N–H and O–H groups in total. The molecule has 61 heavy (non-hydrogen) atoms. The maximum Gasteiger partial charge on any atom is 0.137 e. The first kappa shape index (κ1) is 34.9. The smallest absolute Gasteiger partial charge is 0.137 e. The highest BCUT2D eigenvalue weighted by atomic mass is 16.3. The molecule has 0 atom stereocenters. The van der Waals surface area contributed by atoms with Gasteiger partial charge in [-0.15, -0.1) is 0 Å². The number of furan rings is 1. The summed E-state index contributed by atoms with van der Waals surface area (Å²) < 4.78 is 8.74. The summed E-state index contributed by atoms with van der Waals surface area (Å²) in [5, 5.41) is 7.17. The van der Waals surface area contributed by atoms with Gasteiger partial charge in [-0.3, -0.25) is 0 Å². The van der Waals surface area contributed by atoms with Crippen LogP contribution in [-0.2, 0) is 0 Å². The Morgan fingerprint density at radius 2 is 0.803 bits per heavy atom. The third kappa shape index (κ3) is 6.06. The van der Waals surface area contributed by atoms with Crippen LogP contribution in [0.5, 0.6) is 0 Å². The summed E-state index contributed by atoms with van der Waals surface area (Å²) >= 11 is 0. The molecule has 0 fully saturated rings. The summed E-state index contributed by atoms with van der Waals surface area (Å²) in [5.74, 6) is 0. The minimum Gasteiger partial charge on any atom is -0.456 e. The predicted molar refractivity (Wildman–Crippen MR) is 257 cm³/mol. The number of anilines is 3. The minimum atomic E-state index is 0.895. The van der Waals surface area contributed by atoms with Crippen molar-refractivity contribution in [2.75, 3.05) is 4.90 Å². The molecule has 12 aromatic rings. The highest BCUT2D eigenvalue weighted by Crippen LogP contribution is 2.41. The van der Waals surface area contributed by atoms with Crippen molar-refractivity contribution in [2.45, 2.75) is 0 Å². The molecule has 0 amide bonds. The number of rotatable bonds is 7. The molecule has 0 spiro atoms. The fourth-order valence-corrected chi connectivity index (χ4v) is 9.13. The highest BCUT2D eigenvalue weighted by Gasteiger charge is 2.18. The van der Waals surface area contributed by atoms with E-state index in [1.165, 1.54) is 49.4 Å². The molecule has 10 aromatic carbocycles. The average molecular weight is 779 g/mol. The minimum absolute atomic E-state index is 0.895. The van der Waals surface area contributed by atoms with Gasteiger partial charge in [0, 0.05) is 50.4 Å². The van der Waals surface area contributed by atoms with Gasteiger partial charge < -0.3 is 13.9 Å². The second-order valence-corrected chi connectivity index (χ2v) is 15.8. The quantitative estimate of drug-likeness (QED) is 0.161. The van der Waals surface area contributed by atoms with Crippen molar-refractivity contribution >= 4 is 71.6 Å². The molecule has 0 aliphatic rings. The molecular formula is C58H38N2O. The highest BCUT2D eigenvalue weighted by molar-refractivity contribution is 6.18. The lowest BCUT2D eigenvalue weighted by atomic mass is 10.00. The lowest BCUT2D eigenvalue weighted by Crippen LogP contribution is -2.09. The zero-order chi connectivity index (χ0) is 40.3. The largest absolute Gasteiger partial charge is 0.456 e. The first-order valence-electron chi connectivity index (χ1n) is 20.8. The molecule has 0 aliphatic carbocycles. The van der Waals surface area contributed by atoms with Gasteiger partial charge >= 0.3 is 0 Å². The van der Waals surface area contributed by atoms with Crippen molar-refractivity contribution in [3.63, 3.8) is 0 Å². The van der Waals surface area contributed by atoms with Gasteiger partial charge in [0.1, 0.15) is 11.2 Å². The van der Waals surface area contributed by atoms with Crippen molar-refractivity contribution in [1.82, 2.24) is 4.57 Å². The first-order chi connectivity index (χ1) is 30.2. The van der Waals surface area contributed by atoms with Crippen molar-refractivity contribution in [2.24, 2.45) is 0 Å². The van der Waals surface area contributed by atoms with Crippen molar-refractivity contribution < 1.29 is 4.42 Å². The maximum absolute atomic E-state index is 6.38. The lowest BCUT2D eigenvalue weighted by molar-refractivity contribution is 0.669. The zero-order valence-electron chi connectivity index (χ0n) is 33.2. The predicted octanol–water partition coefficient (Wildman–Crippen LogP) is 16.3.